The second-order valence-electron chi connectivity index (χ2n) is 2.77. The Kier molecular flexibility index (Phi) is 2.65. The van der Waals surface area contributed by atoms with Crippen molar-refractivity contribution in [3.05, 3.63) is 24.0 Å². The van der Waals surface area contributed by atoms with Gasteiger partial charge in [-0.25, -0.2) is 0 Å². The van der Waals surface area contributed by atoms with E-state index in [1.54, 1.807) is 22.9 Å². The van der Waals surface area contributed by atoms with E-state index in [2.05, 4.69) is 6.07 Å². The van der Waals surface area contributed by atoms with Gasteiger partial charge in [-0.2, -0.15) is 5.26 Å². The summed E-state index contributed by atoms with van der Waals surface area (Å²) in [5.41, 5.74) is 0.601. The summed E-state index contributed by atoms with van der Waals surface area (Å²) >= 11 is 0. The quantitative estimate of drug-likeness (QED) is 0.627. The Morgan fingerprint density at radius 1 is 1.83 bits per heavy atom. The average molecular weight is 162 g/mol. The second-order valence-corrected chi connectivity index (χ2v) is 2.77. The van der Waals surface area contributed by atoms with Crippen molar-refractivity contribution < 1.29 is 4.79 Å². The molecule has 0 bridgehead atoms. The van der Waals surface area contributed by atoms with Crippen molar-refractivity contribution >= 4 is 6.29 Å². The first-order valence-electron chi connectivity index (χ1n) is 3.78. The molecule has 1 heterocycles. The van der Waals surface area contributed by atoms with Crippen LogP contribution in [0.1, 0.15) is 12.6 Å². The Hall–Kier alpha value is -1.56. The fourth-order valence-electron chi connectivity index (χ4n) is 1.03. The number of carbonyl (C=O) groups is 1. The van der Waals surface area contributed by atoms with Gasteiger partial charge >= 0.3 is 0 Å². The number of aromatic nitrogens is 1. The number of hydrogen-bond donors (Lipinski definition) is 0. The maximum atomic E-state index is 10.3. The van der Waals surface area contributed by atoms with Crippen molar-refractivity contribution in [3.8, 4) is 6.07 Å². The van der Waals surface area contributed by atoms with Crippen LogP contribution in [0.15, 0.2) is 18.3 Å². The van der Waals surface area contributed by atoms with Crippen molar-refractivity contribution in [1.29, 1.82) is 5.26 Å². The third kappa shape index (κ3) is 1.73. The van der Waals surface area contributed by atoms with Gasteiger partial charge in [-0.3, -0.25) is 0 Å². The monoisotopic (exact) mass is 162 g/mol. The maximum absolute atomic E-state index is 10.3. The van der Waals surface area contributed by atoms with Crippen LogP contribution in [0.2, 0.25) is 0 Å². The molecule has 0 saturated carbocycles. The lowest BCUT2D eigenvalue weighted by molar-refractivity contribution is -0.110. The summed E-state index contributed by atoms with van der Waals surface area (Å²) in [4.78, 5) is 10.3. The Labute approximate surface area is 71.2 Å². The molecule has 1 atom stereocenters. The van der Waals surface area contributed by atoms with Crippen molar-refractivity contribution in [2.75, 3.05) is 0 Å². The smallest absolute Gasteiger partial charge is 0.124 e. The van der Waals surface area contributed by atoms with Gasteiger partial charge in [0.1, 0.15) is 18.0 Å². The minimum Gasteiger partial charge on any atom is -0.339 e. The van der Waals surface area contributed by atoms with E-state index in [4.69, 9.17) is 5.26 Å². The molecule has 0 aliphatic rings. The second kappa shape index (κ2) is 3.72. The molecule has 62 valence electrons. The maximum Gasteiger partial charge on any atom is 0.124 e. The lowest BCUT2D eigenvalue weighted by Crippen LogP contribution is -2.08. The molecule has 0 radical (unpaired) electrons. The highest BCUT2D eigenvalue weighted by Gasteiger charge is 2.03. The molecule has 0 N–H and O–H groups in total. The molecule has 0 aliphatic carbocycles. The fourth-order valence-corrected chi connectivity index (χ4v) is 1.03. The topological polar surface area (TPSA) is 45.8 Å². The normalized spacial score (nSPS) is 12.0. The van der Waals surface area contributed by atoms with Crippen molar-refractivity contribution in [2.24, 2.45) is 5.92 Å². The van der Waals surface area contributed by atoms with E-state index in [1.165, 1.54) is 0 Å². The zero-order valence-corrected chi connectivity index (χ0v) is 6.90. The lowest BCUT2D eigenvalue weighted by atomic mass is 10.2. The molecule has 0 amide bonds. The first kappa shape index (κ1) is 8.54. The van der Waals surface area contributed by atoms with Crippen LogP contribution in [0.4, 0.5) is 0 Å². The molecule has 1 aromatic rings. The van der Waals surface area contributed by atoms with Gasteiger partial charge in [0.15, 0.2) is 0 Å². The summed E-state index contributed by atoms with van der Waals surface area (Å²) in [7, 11) is 0. The first-order valence-corrected chi connectivity index (χ1v) is 3.78. The molecule has 12 heavy (non-hydrogen) atoms. The van der Waals surface area contributed by atoms with Gasteiger partial charge in [0.2, 0.25) is 0 Å². The molecule has 1 rings (SSSR count). The van der Waals surface area contributed by atoms with Crippen LogP contribution >= 0.6 is 0 Å². The highest BCUT2D eigenvalue weighted by Crippen LogP contribution is 2.03. The third-order valence-corrected chi connectivity index (χ3v) is 1.66. The van der Waals surface area contributed by atoms with Crippen LogP contribution in [-0.2, 0) is 11.3 Å². The predicted molar refractivity (Wildman–Crippen MR) is 44.4 cm³/mol. The van der Waals surface area contributed by atoms with Crippen LogP contribution in [0.25, 0.3) is 0 Å². The fraction of sp³-hybridized carbons (Fsp3) is 0.333. The van der Waals surface area contributed by atoms with Crippen LogP contribution in [0.3, 0.4) is 0 Å². The molecule has 1 aromatic heterocycles. The van der Waals surface area contributed by atoms with E-state index in [-0.39, 0.29) is 5.92 Å². The van der Waals surface area contributed by atoms with Gasteiger partial charge in [0.25, 0.3) is 0 Å². The summed E-state index contributed by atoms with van der Waals surface area (Å²) < 4.78 is 1.78. The largest absolute Gasteiger partial charge is 0.339 e. The number of aldehydes is 1. The number of carbonyl (C=O) groups excluding carboxylic acids is 1. The summed E-state index contributed by atoms with van der Waals surface area (Å²) in [6.45, 7) is 2.41. The zero-order chi connectivity index (χ0) is 8.97. The average Bonchev–Trinajstić information content (AvgIpc) is 2.51. The van der Waals surface area contributed by atoms with Gasteiger partial charge < -0.3 is 9.36 Å². The highest BCUT2D eigenvalue weighted by atomic mass is 16.1. The molecule has 1 unspecified atom stereocenters. The Balaban J connectivity index is 2.76. The predicted octanol–water partition coefficient (Wildman–Crippen LogP) is 1.19. The van der Waals surface area contributed by atoms with Crippen molar-refractivity contribution in [1.82, 2.24) is 4.57 Å². The number of rotatable bonds is 3. The summed E-state index contributed by atoms with van der Waals surface area (Å²) in [6, 6.07) is 5.59. The van der Waals surface area contributed by atoms with E-state index in [1.807, 2.05) is 6.92 Å². The van der Waals surface area contributed by atoms with Crippen molar-refractivity contribution in [3.63, 3.8) is 0 Å². The number of nitrogens with zero attached hydrogens (tertiary/aromatic N) is 2. The van der Waals surface area contributed by atoms with E-state index in [0.717, 1.165) is 6.29 Å². The van der Waals surface area contributed by atoms with E-state index >= 15 is 0 Å². The summed E-state index contributed by atoms with van der Waals surface area (Å²) in [5.74, 6) is -0.0375. The molecule has 0 aliphatic heterocycles. The number of hydrogen-bond acceptors (Lipinski definition) is 2. The lowest BCUT2D eigenvalue weighted by Gasteiger charge is -2.05. The summed E-state index contributed by atoms with van der Waals surface area (Å²) in [5, 5.41) is 8.63. The first-order chi connectivity index (χ1) is 5.77. The molecule has 3 heteroatoms. The minimum absolute atomic E-state index is 0.0375. The van der Waals surface area contributed by atoms with E-state index < -0.39 is 0 Å². The van der Waals surface area contributed by atoms with Gasteiger partial charge in [-0.15, -0.1) is 0 Å². The van der Waals surface area contributed by atoms with Crippen LogP contribution < -0.4 is 0 Å². The molecule has 0 spiro atoms. The summed E-state index contributed by atoms with van der Waals surface area (Å²) in [6.07, 6.45) is 2.69. The van der Waals surface area contributed by atoms with E-state index in [9.17, 15) is 4.79 Å². The molecular weight excluding hydrogens is 152 g/mol. The SMILES string of the molecule is CC(C=O)Cn1cccc1C#N. The number of nitriles is 1. The Morgan fingerprint density at radius 3 is 3.17 bits per heavy atom. The zero-order valence-electron chi connectivity index (χ0n) is 6.90. The molecule has 0 fully saturated rings. The van der Waals surface area contributed by atoms with Crippen molar-refractivity contribution in [2.45, 2.75) is 13.5 Å². The van der Waals surface area contributed by atoms with Crippen LogP contribution in [0, 0.1) is 17.2 Å². The molecule has 0 aromatic carbocycles. The Morgan fingerprint density at radius 2 is 2.58 bits per heavy atom. The van der Waals surface area contributed by atoms with Crippen LogP contribution in [-0.4, -0.2) is 10.9 Å². The standard InChI is InChI=1S/C9H10N2O/c1-8(7-12)6-11-4-2-3-9(11)5-10/h2-4,7-8H,6H2,1H3. The molecule has 0 saturated heterocycles. The van der Waals surface area contributed by atoms with Gasteiger partial charge in [0, 0.05) is 18.7 Å². The molecular formula is C9H10N2O. The van der Waals surface area contributed by atoms with E-state index in [0.29, 0.717) is 12.2 Å². The molecule has 3 nitrogen and oxygen atoms in total. The highest BCUT2D eigenvalue weighted by molar-refractivity contribution is 5.52. The van der Waals surface area contributed by atoms with Gasteiger partial charge in [-0.1, -0.05) is 6.92 Å². The van der Waals surface area contributed by atoms with Gasteiger partial charge in [-0.05, 0) is 12.1 Å². The minimum atomic E-state index is -0.0375. The van der Waals surface area contributed by atoms with Gasteiger partial charge in [0.05, 0.1) is 0 Å². The third-order valence-electron chi connectivity index (χ3n) is 1.66. The van der Waals surface area contributed by atoms with Crippen LogP contribution in [0.5, 0.6) is 0 Å². The Bertz CT molecular complexity index is 309.